The van der Waals surface area contributed by atoms with Crippen LogP contribution in [0.3, 0.4) is 0 Å². The van der Waals surface area contributed by atoms with Gasteiger partial charge < -0.3 is 10.2 Å². The number of rotatable bonds is 1. The molecule has 1 aromatic rings. The van der Waals surface area contributed by atoms with E-state index in [2.05, 4.69) is 15.9 Å². The second-order valence-corrected chi connectivity index (χ2v) is 3.69. The molecule has 0 spiro atoms. The lowest BCUT2D eigenvalue weighted by Gasteiger charge is -2.16. The van der Waals surface area contributed by atoms with Crippen LogP contribution < -0.4 is 0 Å². The predicted octanol–water partition coefficient (Wildman–Crippen LogP) is 2.89. The molecule has 0 aliphatic heterocycles. The first kappa shape index (κ1) is 12.3. The monoisotopic (exact) mass is 288 g/mol. The highest BCUT2D eigenvalue weighted by molar-refractivity contribution is 9.10. The normalized spacial score (nSPS) is 14.0. The summed E-state index contributed by atoms with van der Waals surface area (Å²) in [6.07, 6.45) is -7.87. The number of hydrogen-bond acceptors (Lipinski definition) is 2. The molecule has 0 saturated heterocycles. The molecule has 7 heteroatoms. The van der Waals surface area contributed by atoms with Gasteiger partial charge in [-0.2, -0.15) is 13.2 Å². The van der Waals surface area contributed by atoms with E-state index in [1.165, 1.54) is 0 Å². The molecule has 2 nitrogen and oxygen atoms in total. The van der Waals surface area contributed by atoms with E-state index >= 15 is 0 Å². The molecular formula is C8H5BrF4O2. The Morgan fingerprint density at radius 3 is 2.27 bits per heavy atom. The van der Waals surface area contributed by atoms with Gasteiger partial charge in [0.05, 0.1) is 0 Å². The van der Waals surface area contributed by atoms with Gasteiger partial charge in [-0.05, 0) is 12.1 Å². The number of halogens is 5. The Morgan fingerprint density at radius 2 is 1.80 bits per heavy atom. The molecule has 0 aromatic heterocycles. The van der Waals surface area contributed by atoms with E-state index in [-0.39, 0.29) is 4.47 Å². The van der Waals surface area contributed by atoms with Gasteiger partial charge in [-0.3, -0.25) is 0 Å². The maximum absolute atomic E-state index is 12.8. The van der Waals surface area contributed by atoms with Crippen LogP contribution in [-0.4, -0.2) is 16.4 Å². The highest BCUT2D eigenvalue weighted by atomic mass is 79.9. The van der Waals surface area contributed by atoms with Crippen molar-refractivity contribution < 1.29 is 27.8 Å². The van der Waals surface area contributed by atoms with Gasteiger partial charge in [0.15, 0.2) is 17.7 Å². The Balaban J connectivity index is 3.25. The molecule has 0 radical (unpaired) electrons. The van der Waals surface area contributed by atoms with Crippen LogP contribution in [0.15, 0.2) is 16.6 Å². The lowest BCUT2D eigenvalue weighted by Crippen LogP contribution is -2.20. The van der Waals surface area contributed by atoms with Crippen LogP contribution in [0.25, 0.3) is 0 Å². The summed E-state index contributed by atoms with van der Waals surface area (Å²) in [4.78, 5) is 0. The summed E-state index contributed by atoms with van der Waals surface area (Å²) >= 11 is 2.75. The SMILES string of the molecule is Oc1c(F)cc(Br)cc1[C@@H](O)C(F)(F)F. The molecule has 0 saturated carbocycles. The molecule has 1 aromatic carbocycles. The van der Waals surface area contributed by atoms with Crippen molar-refractivity contribution in [3.05, 3.63) is 28.0 Å². The van der Waals surface area contributed by atoms with Crippen molar-refractivity contribution in [2.24, 2.45) is 0 Å². The van der Waals surface area contributed by atoms with Crippen molar-refractivity contribution in [1.29, 1.82) is 0 Å². The molecule has 1 atom stereocenters. The quantitative estimate of drug-likeness (QED) is 0.780. The number of phenolic OH excluding ortho intramolecular Hbond substituents is 1. The zero-order valence-electron chi connectivity index (χ0n) is 7.02. The van der Waals surface area contributed by atoms with Gasteiger partial charge in [-0.15, -0.1) is 0 Å². The molecule has 2 N–H and O–H groups in total. The molecule has 0 unspecified atom stereocenters. The molecule has 0 aliphatic rings. The van der Waals surface area contributed by atoms with Crippen LogP contribution in [0.2, 0.25) is 0 Å². The van der Waals surface area contributed by atoms with Crippen LogP contribution >= 0.6 is 15.9 Å². The molecule has 84 valence electrons. The van der Waals surface area contributed by atoms with Crippen LogP contribution in [-0.2, 0) is 0 Å². The number of aliphatic hydroxyl groups excluding tert-OH is 1. The van der Waals surface area contributed by atoms with E-state index in [0.29, 0.717) is 0 Å². The van der Waals surface area contributed by atoms with Gasteiger partial charge >= 0.3 is 6.18 Å². The highest BCUT2D eigenvalue weighted by Gasteiger charge is 2.41. The van der Waals surface area contributed by atoms with Gasteiger partial charge in [-0.1, -0.05) is 15.9 Å². The largest absolute Gasteiger partial charge is 0.505 e. The highest BCUT2D eigenvalue weighted by Crippen LogP contribution is 2.39. The summed E-state index contributed by atoms with van der Waals surface area (Å²) < 4.78 is 49.1. The minimum absolute atomic E-state index is 0.00361. The molecule has 0 amide bonds. The molecular weight excluding hydrogens is 284 g/mol. The third kappa shape index (κ3) is 2.60. The Morgan fingerprint density at radius 1 is 1.27 bits per heavy atom. The van der Waals surface area contributed by atoms with Crippen molar-refractivity contribution in [2.75, 3.05) is 0 Å². The van der Waals surface area contributed by atoms with Gasteiger partial charge in [0.1, 0.15) is 0 Å². The standard InChI is InChI=1S/C8H5BrF4O2/c9-3-1-4(6(14)5(10)2-3)7(15)8(11,12)13/h1-2,7,14-15H/t7-/m1/s1. The van der Waals surface area contributed by atoms with E-state index in [0.717, 1.165) is 12.1 Å². The van der Waals surface area contributed by atoms with Crippen LogP contribution in [0.5, 0.6) is 5.75 Å². The molecule has 15 heavy (non-hydrogen) atoms. The first-order valence-corrected chi connectivity index (χ1v) is 4.45. The zero-order valence-corrected chi connectivity index (χ0v) is 8.60. The first-order chi connectivity index (χ1) is 6.73. The van der Waals surface area contributed by atoms with Crippen LogP contribution in [0.4, 0.5) is 17.6 Å². The summed E-state index contributed by atoms with van der Waals surface area (Å²) in [6, 6.07) is 1.60. The van der Waals surface area contributed by atoms with Gasteiger partial charge in [-0.25, -0.2) is 4.39 Å². The third-order valence-electron chi connectivity index (χ3n) is 1.66. The number of phenols is 1. The zero-order chi connectivity index (χ0) is 11.8. The van der Waals surface area contributed by atoms with Gasteiger partial charge in [0.25, 0.3) is 0 Å². The van der Waals surface area contributed by atoms with Crippen molar-refractivity contribution in [2.45, 2.75) is 12.3 Å². The average molecular weight is 289 g/mol. The molecule has 0 fully saturated rings. The fourth-order valence-electron chi connectivity index (χ4n) is 0.971. The summed E-state index contributed by atoms with van der Waals surface area (Å²) in [5.74, 6) is -2.44. The predicted molar refractivity (Wildman–Crippen MR) is 46.8 cm³/mol. The smallest absolute Gasteiger partial charge is 0.418 e. The summed E-state index contributed by atoms with van der Waals surface area (Å²) in [6.45, 7) is 0. The van der Waals surface area contributed by atoms with Crippen LogP contribution in [0, 0.1) is 5.82 Å². The van der Waals surface area contributed by atoms with Gasteiger partial charge in [0.2, 0.25) is 0 Å². The van der Waals surface area contributed by atoms with E-state index in [4.69, 9.17) is 10.2 Å². The first-order valence-electron chi connectivity index (χ1n) is 3.66. The molecule has 0 bridgehead atoms. The Bertz CT molecular complexity index is 378. The van der Waals surface area contributed by atoms with Crippen molar-refractivity contribution in [1.82, 2.24) is 0 Å². The molecule has 0 heterocycles. The van der Waals surface area contributed by atoms with E-state index in [1.54, 1.807) is 0 Å². The number of hydrogen-bond donors (Lipinski definition) is 2. The number of aliphatic hydroxyl groups is 1. The maximum Gasteiger partial charge on any atom is 0.418 e. The van der Waals surface area contributed by atoms with E-state index in [9.17, 15) is 17.6 Å². The Labute approximate surface area is 90.3 Å². The Hall–Kier alpha value is -0.820. The second kappa shape index (κ2) is 3.97. The maximum atomic E-state index is 12.8. The Kier molecular flexibility index (Phi) is 3.25. The minimum atomic E-state index is -4.95. The molecule has 1 rings (SSSR count). The summed E-state index contributed by atoms with van der Waals surface area (Å²) in [5.41, 5.74) is -0.922. The number of benzene rings is 1. The summed E-state index contributed by atoms with van der Waals surface area (Å²) in [7, 11) is 0. The fraction of sp³-hybridized carbons (Fsp3) is 0.250. The lowest BCUT2D eigenvalue weighted by atomic mass is 10.1. The lowest BCUT2D eigenvalue weighted by molar-refractivity contribution is -0.207. The molecule has 0 aliphatic carbocycles. The average Bonchev–Trinajstić information content (AvgIpc) is 2.08. The topological polar surface area (TPSA) is 40.5 Å². The van der Waals surface area contributed by atoms with Crippen molar-refractivity contribution in [3.8, 4) is 5.75 Å². The summed E-state index contributed by atoms with van der Waals surface area (Å²) in [5, 5.41) is 17.8. The number of alkyl halides is 3. The van der Waals surface area contributed by atoms with Crippen LogP contribution in [0.1, 0.15) is 11.7 Å². The number of aromatic hydroxyl groups is 1. The van der Waals surface area contributed by atoms with E-state index < -0.39 is 29.4 Å². The second-order valence-electron chi connectivity index (χ2n) is 2.77. The van der Waals surface area contributed by atoms with Gasteiger partial charge in [0, 0.05) is 10.0 Å². The minimum Gasteiger partial charge on any atom is -0.505 e. The van der Waals surface area contributed by atoms with Crippen molar-refractivity contribution >= 4 is 15.9 Å². The van der Waals surface area contributed by atoms with E-state index in [1.807, 2.05) is 0 Å². The third-order valence-corrected chi connectivity index (χ3v) is 2.12. The fourth-order valence-corrected chi connectivity index (χ4v) is 1.42. The van der Waals surface area contributed by atoms with Crippen molar-refractivity contribution in [3.63, 3.8) is 0 Å².